The van der Waals surface area contributed by atoms with E-state index in [1.807, 2.05) is 6.07 Å². The first-order chi connectivity index (χ1) is 10.0. The second-order valence-electron chi connectivity index (χ2n) is 5.32. The van der Waals surface area contributed by atoms with Crippen molar-refractivity contribution < 1.29 is 4.92 Å². The molecule has 0 aliphatic carbocycles. The van der Waals surface area contributed by atoms with Crippen LogP contribution >= 0.6 is 24.0 Å². The van der Waals surface area contributed by atoms with Crippen molar-refractivity contribution in [3.8, 4) is 0 Å². The minimum atomic E-state index is -0.386. The van der Waals surface area contributed by atoms with Crippen LogP contribution in [-0.4, -0.2) is 24.5 Å². The van der Waals surface area contributed by atoms with Crippen LogP contribution in [-0.2, 0) is 6.54 Å². The minimum Gasteiger partial charge on any atom is -0.356 e. The van der Waals surface area contributed by atoms with E-state index in [4.69, 9.17) is 0 Å². The number of halogens is 1. The first-order valence-corrected chi connectivity index (χ1v) is 7.20. The van der Waals surface area contributed by atoms with E-state index in [1.54, 1.807) is 19.2 Å². The average molecular weight is 420 g/mol. The number of nitro benzene ring substituents is 1. The van der Waals surface area contributed by atoms with E-state index >= 15 is 0 Å². The number of benzene rings is 1. The van der Waals surface area contributed by atoms with Crippen molar-refractivity contribution in [2.75, 3.05) is 13.6 Å². The lowest BCUT2D eigenvalue weighted by Crippen LogP contribution is -2.37. The minimum absolute atomic E-state index is 0. The van der Waals surface area contributed by atoms with Crippen molar-refractivity contribution in [2.24, 2.45) is 10.9 Å². The Morgan fingerprint density at radius 3 is 2.68 bits per heavy atom. The van der Waals surface area contributed by atoms with Gasteiger partial charge in [0.25, 0.3) is 5.69 Å². The van der Waals surface area contributed by atoms with Crippen LogP contribution in [0.15, 0.2) is 29.3 Å². The normalized spacial score (nSPS) is 11.0. The highest BCUT2D eigenvalue weighted by atomic mass is 127. The highest BCUT2D eigenvalue weighted by Crippen LogP contribution is 2.12. The van der Waals surface area contributed by atoms with Crippen molar-refractivity contribution in [3.63, 3.8) is 0 Å². The molecule has 1 rings (SSSR count). The van der Waals surface area contributed by atoms with Gasteiger partial charge in [0, 0.05) is 32.3 Å². The lowest BCUT2D eigenvalue weighted by atomic mass is 10.1. The molecule has 0 unspecified atom stereocenters. The number of guanidine groups is 1. The van der Waals surface area contributed by atoms with Gasteiger partial charge in [-0.25, -0.2) is 0 Å². The standard InChI is InChI=1S/C15H24N4O2.HI/c1-12(2)6-5-9-17-15(16-3)18-11-13-7-4-8-14(10-13)19(20)21;/h4,7-8,10,12H,5-6,9,11H2,1-3H3,(H2,16,17,18);1H. The van der Waals surface area contributed by atoms with Crippen LogP contribution < -0.4 is 10.6 Å². The van der Waals surface area contributed by atoms with E-state index in [9.17, 15) is 10.1 Å². The number of nitrogens with zero attached hydrogens (tertiary/aromatic N) is 2. The zero-order valence-corrected chi connectivity index (χ0v) is 15.7. The SMILES string of the molecule is CN=C(NCCCC(C)C)NCc1cccc([N+](=O)[O-])c1.I. The van der Waals surface area contributed by atoms with Gasteiger partial charge in [0.1, 0.15) is 0 Å². The fourth-order valence-corrected chi connectivity index (χ4v) is 1.90. The third-order valence-corrected chi connectivity index (χ3v) is 3.06. The van der Waals surface area contributed by atoms with E-state index in [0.717, 1.165) is 18.5 Å². The molecular weight excluding hydrogens is 395 g/mol. The molecule has 22 heavy (non-hydrogen) atoms. The molecule has 0 saturated heterocycles. The lowest BCUT2D eigenvalue weighted by molar-refractivity contribution is -0.384. The molecule has 0 aromatic heterocycles. The fourth-order valence-electron chi connectivity index (χ4n) is 1.90. The molecule has 0 fully saturated rings. The third-order valence-electron chi connectivity index (χ3n) is 3.06. The predicted octanol–water partition coefficient (Wildman–Crippen LogP) is 3.31. The summed E-state index contributed by atoms with van der Waals surface area (Å²) in [5.41, 5.74) is 0.962. The zero-order chi connectivity index (χ0) is 15.7. The van der Waals surface area contributed by atoms with Gasteiger partial charge in [-0.2, -0.15) is 0 Å². The summed E-state index contributed by atoms with van der Waals surface area (Å²) in [6, 6.07) is 6.60. The number of hydrogen-bond acceptors (Lipinski definition) is 3. The summed E-state index contributed by atoms with van der Waals surface area (Å²) in [5, 5.41) is 17.1. The molecule has 0 saturated carbocycles. The van der Waals surface area contributed by atoms with E-state index in [2.05, 4.69) is 29.5 Å². The van der Waals surface area contributed by atoms with Gasteiger partial charge >= 0.3 is 0 Å². The molecule has 7 heteroatoms. The second kappa shape index (κ2) is 11.2. The lowest BCUT2D eigenvalue weighted by Gasteiger charge is -2.12. The maximum absolute atomic E-state index is 10.7. The molecule has 124 valence electrons. The molecule has 0 aliphatic heterocycles. The van der Waals surface area contributed by atoms with Crippen LogP contribution in [0, 0.1) is 16.0 Å². The van der Waals surface area contributed by atoms with Gasteiger partial charge in [-0.05, 0) is 24.3 Å². The largest absolute Gasteiger partial charge is 0.356 e. The molecule has 0 heterocycles. The Bertz CT molecular complexity index is 492. The van der Waals surface area contributed by atoms with Crippen molar-refractivity contribution in [2.45, 2.75) is 33.2 Å². The topological polar surface area (TPSA) is 79.6 Å². The van der Waals surface area contributed by atoms with Gasteiger partial charge in [0.05, 0.1) is 4.92 Å². The Balaban J connectivity index is 0.00000441. The fraction of sp³-hybridized carbons (Fsp3) is 0.533. The monoisotopic (exact) mass is 420 g/mol. The van der Waals surface area contributed by atoms with E-state index < -0.39 is 0 Å². The first kappa shape index (κ1) is 20.6. The van der Waals surface area contributed by atoms with E-state index in [-0.39, 0.29) is 34.6 Å². The van der Waals surface area contributed by atoms with Crippen LogP contribution in [0.2, 0.25) is 0 Å². The average Bonchev–Trinajstić information content (AvgIpc) is 2.46. The summed E-state index contributed by atoms with van der Waals surface area (Å²) in [5.74, 6) is 1.41. The van der Waals surface area contributed by atoms with Gasteiger partial charge in [-0.3, -0.25) is 15.1 Å². The third kappa shape index (κ3) is 8.16. The molecule has 0 spiro atoms. The number of aliphatic imine (C=N–C) groups is 1. The van der Waals surface area contributed by atoms with Crippen LogP contribution in [0.1, 0.15) is 32.3 Å². The Morgan fingerprint density at radius 1 is 1.36 bits per heavy atom. The molecular formula is C15H25IN4O2. The predicted molar refractivity (Wildman–Crippen MR) is 101 cm³/mol. The molecule has 1 aromatic rings. The highest BCUT2D eigenvalue weighted by Gasteiger charge is 2.06. The van der Waals surface area contributed by atoms with Crippen LogP contribution in [0.4, 0.5) is 5.69 Å². The number of rotatable bonds is 7. The number of hydrogen-bond donors (Lipinski definition) is 2. The summed E-state index contributed by atoms with van der Waals surface area (Å²) in [6.45, 7) is 5.78. The quantitative estimate of drug-likeness (QED) is 0.177. The van der Waals surface area contributed by atoms with Crippen LogP contribution in [0.3, 0.4) is 0 Å². The number of nitrogens with one attached hydrogen (secondary N) is 2. The van der Waals surface area contributed by atoms with Crippen LogP contribution in [0.5, 0.6) is 0 Å². The second-order valence-corrected chi connectivity index (χ2v) is 5.32. The maximum Gasteiger partial charge on any atom is 0.269 e. The van der Waals surface area contributed by atoms with Gasteiger partial charge in [-0.1, -0.05) is 26.0 Å². The van der Waals surface area contributed by atoms with Gasteiger partial charge in [0.2, 0.25) is 0 Å². The summed E-state index contributed by atoms with van der Waals surface area (Å²) < 4.78 is 0. The Hall–Kier alpha value is -1.38. The van der Waals surface area contributed by atoms with Crippen molar-refractivity contribution >= 4 is 35.6 Å². The maximum atomic E-state index is 10.7. The molecule has 6 nitrogen and oxygen atoms in total. The van der Waals surface area contributed by atoms with Crippen molar-refractivity contribution in [1.82, 2.24) is 10.6 Å². The molecule has 0 radical (unpaired) electrons. The summed E-state index contributed by atoms with van der Waals surface area (Å²) in [7, 11) is 1.71. The van der Waals surface area contributed by atoms with Gasteiger partial charge in [0.15, 0.2) is 5.96 Å². The molecule has 1 aromatic carbocycles. The summed E-state index contributed by atoms with van der Waals surface area (Å²) >= 11 is 0. The van der Waals surface area contributed by atoms with E-state index in [0.29, 0.717) is 18.4 Å². The van der Waals surface area contributed by atoms with Gasteiger partial charge < -0.3 is 10.6 Å². The molecule has 0 bridgehead atoms. The highest BCUT2D eigenvalue weighted by molar-refractivity contribution is 14.0. The Labute approximate surface area is 149 Å². The van der Waals surface area contributed by atoms with E-state index in [1.165, 1.54) is 12.5 Å². The van der Waals surface area contributed by atoms with Crippen LogP contribution in [0.25, 0.3) is 0 Å². The molecule has 0 atom stereocenters. The smallest absolute Gasteiger partial charge is 0.269 e. The molecule has 0 amide bonds. The number of nitro groups is 1. The zero-order valence-electron chi connectivity index (χ0n) is 13.3. The number of non-ortho nitro benzene ring substituents is 1. The van der Waals surface area contributed by atoms with Gasteiger partial charge in [-0.15, -0.1) is 24.0 Å². The van der Waals surface area contributed by atoms with Crippen molar-refractivity contribution in [3.05, 3.63) is 39.9 Å². The summed E-state index contributed by atoms with van der Waals surface area (Å²) in [6.07, 6.45) is 2.27. The van der Waals surface area contributed by atoms with Crippen molar-refractivity contribution in [1.29, 1.82) is 0 Å². The molecule has 0 aliphatic rings. The Kier molecular flexibility index (Phi) is 10.5. The summed E-state index contributed by atoms with van der Waals surface area (Å²) in [4.78, 5) is 14.5. The Morgan fingerprint density at radius 2 is 2.09 bits per heavy atom. The first-order valence-electron chi connectivity index (χ1n) is 7.20. The molecule has 2 N–H and O–H groups in total.